The van der Waals surface area contributed by atoms with Crippen molar-refractivity contribution >= 4 is 34.8 Å². The molecular formula is C20H17Cl2N3O2. The van der Waals surface area contributed by atoms with Crippen molar-refractivity contribution < 1.29 is 4.79 Å². The zero-order valence-electron chi connectivity index (χ0n) is 14.8. The molecule has 0 bridgehead atoms. The van der Waals surface area contributed by atoms with Gasteiger partial charge in [0.1, 0.15) is 12.4 Å². The van der Waals surface area contributed by atoms with Gasteiger partial charge >= 0.3 is 0 Å². The lowest BCUT2D eigenvalue weighted by molar-refractivity contribution is -0.116. The fourth-order valence-corrected chi connectivity index (χ4v) is 3.04. The van der Waals surface area contributed by atoms with Crippen LogP contribution in [0.4, 0.5) is 5.69 Å². The van der Waals surface area contributed by atoms with Gasteiger partial charge in [0, 0.05) is 32.6 Å². The van der Waals surface area contributed by atoms with Crippen molar-refractivity contribution in [3.05, 3.63) is 80.2 Å². The van der Waals surface area contributed by atoms with Crippen molar-refractivity contribution in [2.24, 2.45) is 0 Å². The second kappa shape index (κ2) is 7.94. The molecule has 1 aromatic heterocycles. The molecule has 0 saturated heterocycles. The first kappa shape index (κ1) is 19.1. The van der Waals surface area contributed by atoms with Gasteiger partial charge in [0.05, 0.1) is 0 Å². The van der Waals surface area contributed by atoms with Gasteiger partial charge in [-0.15, -0.1) is 0 Å². The van der Waals surface area contributed by atoms with Gasteiger partial charge in [0.15, 0.2) is 0 Å². The van der Waals surface area contributed by atoms with Crippen LogP contribution in [0.15, 0.2) is 53.3 Å². The Balaban J connectivity index is 2.00. The number of halogens is 2. The number of aromatic nitrogens is 2. The van der Waals surface area contributed by atoms with Gasteiger partial charge < -0.3 is 5.32 Å². The van der Waals surface area contributed by atoms with Gasteiger partial charge in [-0.1, -0.05) is 41.4 Å². The second-order valence-electron chi connectivity index (χ2n) is 6.11. The molecule has 0 unspecified atom stereocenters. The third-order valence-electron chi connectivity index (χ3n) is 4.13. The maximum Gasteiger partial charge on any atom is 0.257 e. The number of nitrogens with zero attached hydrogens (tertiary/aromatic N) is 2. The normalized spacial score (nSPS) is 10.7. The summed E-state index contributed by atoms with van der Waals surface area (Å²) in [4.78, 5) is 29.8. The van der Waals surface area contributed by atoms with Crippen molar-refractivity contribution in [1.82, 2.24) is 9.55 Å². The highest BCUT2D eigenvalue weighted by Crippen LogP contribution is 2.21. The summed E-state index contributed by atoms with van der Waals surface area (Å²) in [6.45, 7) is 3.28. The largest absolute Gasteiger partial charge is 0.324 e. The van der Waals surface area contributed by atoms with E-state index in [1.54, 1.807) is 62.4 Å². The highest BCUT2D eigenvalue weighted by Gasteiger charge is 2.16. The van der Waals surface area contributed by atoms with E-state index >= 15 is 0 Å². The van der Waals surface area contributed by atoms with E-state index < -0.39 is 0 Å². The van der Waals surface area contributed by atoms with Gasteiger partial charge in [0.25, 0.3) is 5.56 Å². The number of benzene rings is 2. The summed E-state index contributed by atoms with van der Waals surface area (Å²) in [5.74, 6) is 0.0412. The summed E-state index contributed by atoms with van der Waals surface area (Å²) in [5, 5.41) is 3.78. The van der Waals surface area contributed by atoms with Crippen LogP contribution in [0.3, 0.4) is 0 Å². The summed E-state index contributed by atoms with van der Waals surface area (Å²) in [6, 6.07) is 13.8. The van der Waals surface area contributed by atoms with Crippen molar-refractivity contribution in [2.45, 2.75) is 20.4 Å². The molecule has 0 atom stereocenters. The Morgan fingerprint density at radius 1 is 1.07 bits per heavy atom. The summed E-state index contributed by atoms with van der Waals surface area (Å²) in [7, 11) is 0. The average molecular weight is 402 g/mol. The highest BCUT2D eigenvalue weighted by atomic mass is 35.5. The van der Waals surface area contributed by atoms with E-state index in [4.69, 9.17) is 23.2 Å². The maximum absolute atomic E-state index is 12.8. The first-order chi connectivity index (χ1) is 12.8. The highest BCUT2D eigenvalue weighted by molar-refractivity contribution is 6.31. The Kier molecular flexibility index (Phi) is 5.63. The number of carbonyl (C=O) groups excluding carboxylic acids is 1. The molecule has 1 amide bonds. The van der Waals surface area contributed by atoms with Crippen molar-refractivity contribution in [3.8, 4) is 11.4 Å². The summed E-state index contributed by atoms with van der Waals surface area (Å²) in [5.41, 5.74) is 2.07. The third-order valence-corrected chi connectivity index (χ3v) is 4.60. The molecule has 5 nitrogen and oxygen atoms in total. The van der Waals surface area contributed by atoms with Crippen LogP contribution < -0.4 is 10.9 Å². The lowest BCUT2D eigenvalue weighted by Gasteiger charge is -2.15. The first-order valence-electron chi connectivity index (χ1n) is 8.24. The predicted molar refractivity (Wildman–Crippen MR) is 108 cm³/mol. The number of anilines is 1. The van der Waals surface area contributed by atoms with Crippen molar-refractivity contribution in [2.75, 3.05) is 5.32 Å². The Hall–Kier alpha value is -2.63. The van der Waals surface area contributed by atoms with E-state index in [1.807, 2.05) is 0 Å². The molecule has 0 saturated carbocycles. The molecule has 2 aromatic carbocycles. The maximum atomic E-state index is 12.8. The van der Waals surface area contributed by atoms with E-state index in [0.29, 0.717) is 38.4 Å². The number of amides is 1. The number of hydrogen-bond acceptors (Lipinski definition) is 3. The molecule has 0 aliphatic heterocycles. The molecule has 0 aliphatic carbocycles. The number of rotatable bonds is 4. The van der Waals surface area contributed by atoms with Gasteiger partial charge in [-0.3, -0.25) is 14.2 Å². The van der Waals surface area contributed by atoms with Crippen LogP contribution in [0.2, 0.25) is 10.0 Å². The molecule has 7 heteroatoms. The fraction of sp³-hybridized carbons (Fsp3) is 0.150. The van der Waals surface area contributed by atoms with Gasteiger partial charge in [-0.2, -0.15) is 0 Å². The fourth-order valence-electron chi connectivity index (χ4n) is 2.66. The van der Waals surface area contributed by atoms with Crippen LogP contribution in [0, 0.1) is 13.8 Å². The predicted octanol–water partition coefficient (Wildman–Crippen LogP) is 4.47. The zero-order valence-corrected chi connectivity index (χ0v) is 16.3. The van der Waals surface area contributed by atoms with Gasteiger partial charge in [-0.25, -0.2) is 4.98 Å². The Bertz CT molecular complexity index is 1080. The molecule has 138 valence electrons. The van der Waals surface area contributed by atoms with E-state index in [0.717, 1.165) is 0 Å². The van der Waals surface area contributed by atoms with Crippen LogP contribution in [0.5, 0.6) is 0 Å². The minimum atomic E-state index is -0.354. The lowest BCUT2D eigenvalue weighted by Crippen LogP contribution is -2.31. The topological polar surface area (TPSA) is 64.0 Å². The molecule has 0 spiro atoms. The van der Waals surface area contributed by atoms with E-state index in [1.165, 1.54) is 4.57 Å². The Morgan fingerprint density at radius 3 is 2.41 bits per heavy atom. The molecule has 0 radical (unpaired) electrons. The minimum absolute atomic E-state index is 0.179. The third kappa shape index (κ3) is 4.38. The van der Waals surface area contributed by atoms with E-state index in [9.17, 15) is 9.59 Å². The van der Waals surface area contributed by atoms with Crippen molar-refractivity contribution in [3.63, 3.8) is 0 Å². The number of hydrogen-bond donors (Lipinski definition) is 1. The average Bonchev–Trinajstić information content (AvgIpc) is 2.62. The van der Waals surface area contributed by atoms with Gasteiger partial charge in [-0.05, 0) is 44.2 Å². The zero-order chi connectivity index (χ0) is 19.6. The molecular weight excluding hydrogens is 385 g/mol. The first-order valence-corrected chi connectivity index (χ1v) is 9.00. The smallest absolute Gasteiger partial charge is 0.257 e. The minimum Gasteiger partial charge on any atom is -0.324 e. The standard InChI is InChI=1S/C20H17Cl2N3O2/c1-12-13(2)23-19(14-5-3-6-15(21)9-14)25(20(12)27)11-18(26)24-17-8-4-7-16(22)10-17/h3-10H,11H2,1-2H3,(H,24,26). The monoisotopic (exact) mass is 401 g/mol. The molecule has 27 heavy (non-hydrogen) atoms. The lowest BCUT2D eigenvalue weighted by atomic mass is 10.1. The van der Waals surface area contributed by atoms with Crippen LogP contribution in [0.25, 0.3) is 11.4 Å². The van der Waals surface area contributed by atoms with E-state index in [-0.39, 0.29) is 18.0 Å². The van der Waals surface area contributed by atoms with Crippen LogP contribution >= 0.6 is 23.2 Å². The quantitative estimate of drug-likeness (QED) is 0.700. The van der Waals surface area contributed by atoms with Crippen molar-refractivity contribution in [1.29, 1.82) is 0 Å². The SMILES string of the molecule is Cc1nc(-c2cccc(Cl)c2)n(CC(=O)Nc2cccc(Cl)c2)c(=O)c1C. The molecule has 0 aliphatic rings. The Morgan fingerprint density at radius 2 is 1.74 bits per heavy atom. The van der Waals surface area contributed by atoms with Crippen LogP contribution in [0.1, 0.15) is 11.3 Å². The summed E-state index contributed by atoms with van der Waals surface area (Å²) in [6.07, 6.45) is 0. The summed E-state index contributed by atoms with van der Waals surface area (Å²) >= 11 is 12.0. The molecule has 3 rings (SSSR count). The number of aryl methyl sites for hydroxylation is 1. The van der Waals surface area contributed by atoms with Crippen LogP contribution in [-0.2, 0) is 11.3 Å². The molecule has 1 N–H and O–H groups in total. The molecule has 0 fully saturated rings. The Labute approximate surface area is 166 Å². The second-order valence-corrected chi connectivity index (χ2v) is 6.98. The van der Waals surface area contributed by atoms with Gasteiger partial charge in [0.2, 0.25) is 5.91 Å². The molecule has 3 aromatic rings. The van der Waals surface area contributed by atoms with E-state index in [2.05, 4.69) is 10.3 Å². The van der Waals surface area contributed by atoms with Crippen LogP contribution in [-0.4, -0.2) is 15.5 Å². The molecule has 1 heterocycles. The summed E-state index contributed by atoms with van der Waals surface area (Å²) < 4.78 is 1.36. The number of nitrogens with one attached hydrogen (secondary N) is 1. The number of carbonyl (C=O) groups is 1.